The Labute approximate surface area is 92.4 Å². The van der Waals surface area contributed by atoms with E-state index in [4.69, 9.17) is 4.52 Å². The molecule has 0 amide bonds. The van der Waals surface area contributed by atoms with Gasteiger partial charge in [0.15, 0.2) is 5.78 Å². The first kappa shape index (κ1) is 10.7. The number of rotatable bonds is 2. The van der Waals surface area contributed by atoms with Gasteiger partial charge in [-0.1, -0.05) is 6.07 Å². The number of ketones is 1. The SMILES string of the molecule is CC(=O)c1cccc2c(=O)on(C(C)C)c12. The molecule has 1 aromatic heterocycles. The first-order chi connectivity index (χ1) is 7.52. The van der Waals surface area contributed by atoms with E-state index in [9.17, 15) is 9.59 Å². The normalized spacial score (nSPS) is 11.2. The van der Waals surface area contributed by atoms with E-state index in [2.05, 4.69) is 0 Å². The number of aromatic nitrogens is 1. The van der Waals surface area contributed by atoms with Crippen molar-refractivity contribution < 1.29 is 9.32 Å². The highest BCUT2D eigenvalue weighted by atomic mass is 16.5. The van der Waals surface area contributed by atoms with Crippen LogP contribution >= 0.6 is 0 Å². The van der Waals surface area contributed by atoms with Crippen molar-refractivity contribution in [3.63, 3.8) is 0 Å². The van der Waals surface area contributed by atoms with Gasteiger partial charge in [0.2, 0.25) is 0 Å². The molecule has 0 bridgehead atoms. The van der Waals surface area contributed by atoms with Crippen molar-refractivity contribution in [1.29, 1.82) is 0 Å². The summed E-state index contributed by atoms with van der Waals surface area (Å²) in [7, 11) is 0. The monoisotopic (exact) mass is 219 g/mol. The molecule has 0 fully saturated rings. The Morgan fingerprint density at radius 2 is 2.06 bits per heavy atom. The lowest BCUT2D eigenvalue weighted by Gasteiger charge is -2.07. The van der Waals surface area contributed by atoms with Gasteiger partial charge in [0, 0.05) is 5.56 Å². The summed E-state index contributed by atoms with van der Waals surface area (Å²) in [6.07, 6.45) is 0. The summed E-state index contributed by atoms with van der Waals surface area (Å²) < 4.78 is 6.62. The molecular weight excluding hydrogens is 206 g/mol. The maximum absolute atomic E-state index is 11.6. The van der Waals surface area contributed by atoms with Gasteiger partial charge in [-0.2, -0.15) is 0 Å². The van der Waals surface area contributed by atoms with E-state index < -0.39 is 5.63 Å². The van der Waals surface area contributed by atoms with Gasteiger partial charge < -0.3 is 4.52 Å². The Morgan fingerprint density at radius 1 is 1.38 bits per heavy atom. The number of Topliss-reactive ketones (excluding diaryl/α,β-unsaturated/α-hetero) is 1. The molecule has 1 aromatic carbocycles. The molecule has 0 N–H and O–H groups in total. The molecule has 4 nitrogen and oxygen atoms in total. The van der Waals surface area contributed by atoms with Crippen LogP contribution in [0.1, 0.15) is 37.2 Å². The summed E-state index contributed by atoms with van der Waals surface area (Å²) in [5.41, 5.74) is 0.721. The average molecular weight is 219 g/mol. The molecule has 0 radical (unpaired) electrons. The van der Waals surface area contributed by atoms with Gasteiger partial charge >= 0.3 is 5.63 Å². The van der Waals surface area contributed by atoms with Crippen LogP contribution < -0.4 is 5.63 Å². The zero-order valence-electron chi connectivity index (χ0n) is 9.48. The number of para-hydroxylation sites is 1. The second-order valence-corrected chi connectivity index (χ2v) is 4.06. The van der Waals surface area contributed by atoms with Gasteiger partial charge in [0.25, 0.3) is 0 Å². The zero-order valence-corrected chi connectivity index (χ0v) is 9.48. The molecule has 16 heavy (non-hydrogen) atoms. The number of fused-ring (bicyclic) bond motifs is 1. The Hall–Kier alpha value is -1.84. The molecular formula is C12H13NO3. The fraction of sp³-hybridized carbons (Fsp3) is 0.333. The summed E-state index contributed by atoms with van der Waals surface area (Å²) in [6, 6.07) is 5.08. The minimum atomic E-state index is -0.396. The van der Waals surface area contributed by atoms with Crippen LogP contribution in [0.15, 0.2) is 27.5 Å². The molecule has 2 aromatic rings. The van der Waals surface area contributed by atoms with E-state index in [0.717, 1.165) is 0 Å². The zero-order chi connectivity index (χ0) is 11.9. The average Bonchev–Trinajstić information content (AvgIpc) is 2.56. The van der Waals surface area contributed by atoms with Crippen molar-refractivity contribution in [2.24, 2.45) is 0 Å². The van der Waals surface area contributed by atoms with Gasteiger partial charge in [-0.05, 0) is 32.9 Å². The van der Waals surface area contributed by atoms with E-state index >= 15 is 0 Å². The Morgan fingerprint density at radius 3 is 2.62 bits per heavy atom. The number of carbonyl (C=O) groups is 1. The number of nitrogens with zero attached hydrogens (tertiary/aromatic N) is 1. The Kier molecular flexibility index (Phi) is 2.42. The predicted octanol–water partition coefficient (Wildman–Crippen LogP) is 2.38. The van der Waals surface area contributed by atoms with Gasteiger partial charge in [-0.25, -0.2) is 9.53 Å². The fourth-order valence-corrected chi connectivity index (χ4v) is 1.78. The molecule has 84 valence electrons. The van der Waals surface area contributed by atoms with E-state index in [1.165, 1.54) is 11.7 Å². The fourth-order valence-electron chi connectivity index (χ4n) is 1.78. The number of hydrogen-bond acceptors (Lipinski definition) is 3. The molecule has 0 aliphatic carbocycles. The summed E-state index contributed by atoms with van der Waals surface area (Å²) in [6.45, 7) is 5.29. The molecule has 2 rings (SSSR count). The summed E-state index contributed by atoms with van der Waals surface area (Å²) in [4.78, 5) is 23.1. The van der Waals surface area contributed by atoms with E-state index in [-0.39, 0.29) is 11.8 Å². The van der Waals surface area contributed by atoms with Crippen LogP contribution in [-0.4, -0.2) is 10.5 Å². The van der Waals surface area contributed by atoms with Gasteiger partial charge in [0.1, 0.15) is 5.52 Å². The van der Waals surface area contributed by atoms with Crippen LogP contribution in [-0.2, 0) is 0 Å². The molecule has 4 heteroatoms. The Balaban J connectivity index is 2.94. The lowest BCUT2D eigenvalue weighted by Crippen LogP contribution is -2.03. The third-order valence-corrected chi connectivity index (χ3v) is 2.51. The maximum Gasteiger partial charge on any atom is 0.365 e. The van der Waals surface area contributed by atoms with Crippen LogP contribution in [0.5, 0.6) is 0 Å². The van der Waals surface area contributed by atoms with Gasteiger partial charge in [-0.15, -0.1) is 0 Å². The smallest absolute Gasteiger partial charge is 0.335 e. The van der Waals surface area contributed by atoms with Crippen LogP contribution in [0.4, 0.5) is 0 Å². The molecule has 0 aliphatic heterocycles. The van der Waals surface area contributed by atoms with E-state index in [1.807, 2.05) is 13.8 Å². The first-order valence-corrected chi connectivity index (χ1v) is 5.18. The standard InChI is InChI=1S/C12H13NO3/c1-7(2)13-11-9(8(3)14)5-4-6-10(11)12(15)16-13/h4-7H,1-3H3. The highest BCUT2D eigenvalue weighted by Gasteiger charge is 2.16. The second kappa shape index (κ2) is 3.63. The molecule has 0 spiro atoms. The highest BCUT2D eigenvalue weighted by Crippen LogP contribution is 2.20. The van der Waals surface area contributed by atoms with Crippen molar-refractivity contribution in [2.45, 2.75) is 26.8 Å². The topological polar surface area (TPSA) is 52.2 Å². The first-order valence-electron chi connectivity index (χ1n) is 5.18. The third kappa shape index (κ3) is 1.46. The highest BCUT2D eigenvalue weighted by molar-refractivity contribution is 6.05. The van der Waals surface area contributed by atoms with Crippen molar-refractivity contribution in [1.82, 2.24) is 4.74 Å². The molecule has 0 saturated carbocycles. The van der Waals surface area contributed by atoms with Crippen LogP contribution in [0, 0.1) is 0 Å². The van der Waals surface area contributed by atoms with Crippen LogP contribution in [0.2, 0.25) is 0 Å². The molecule has 0 aliphatic rings. The summed E-state index contributed by atoms with van der Waals surface area (Å²) >= 11 is 0. The third-order valence-electron chi connectivity index (χ3n) is 2.51. The van der Waals surface area contributed by atoms with Crippen LogP contribution in [0.25, 0.3) is 10.9 Å². The van der Waals surface area contributed by atoms with E-state index in [0.29, 0.717) is 16.5 Å². The van der Waals surface area contributed by atoms with E-state index in [1.54, 1.807) is 18.2 Å². The largest absolute Gasteiger partial charge is 0.365 e. The van der Waals surface area contributed by atoms with Crippen molar-refractivity contribution in [3.8, 4) is 0 Å². The predicted molar refractivity (Wildman–Crippen MR) is 60.9 cm³/mol. The molecule has 0 unspecified atom stereocenters. The summed E-state index contributed by atoms with van der Waals surface area (Å²) in [5, 5.41) is 0.460. The lowest BCUT2D eigenvalue weighted by molar-refractivity contribution is 0.101. The minimum Gasteiger partial charge on any atom is -0.335 e. The van der Waals surface area contributed by atoms with Crippen molar-refractivity contribution in [3.05, 3.63) is 34.2 Å². The number of benzene rings is 1. The summed E-state index contributed by atoms with van der Waals surface area (Å²) in [5.74, 6) is -0.0687. The van der Waals surface area contributed by atoms with Crippen molar-refractivity contribution >= 4 is 16.7 Å². The quantitative estimate of drug-likeness (QED) is 0.728. The number of carbonyl (C=O) groups excluding carboxylic acids is 1. The Bertz CT molecular complexity index is 604. The molecule has 0 atom stereocenters. The maximum atomic E-state index is 11.6. The molecule has 1 heterocycles. The minimum absolute atomic E-state index is 0.00528. The lowest BCUT2D eigenvalue weighted by atomic mass is 10.1. The van der Waals surface area contributed by atoms with Crippen molar-refractivity contribution in [2.75, 3.05) is 0 Å². The van der Waals surface area contributed by atoms with Gasteiger partial charge in [0.05, 0.1) is 11.4 Å². The second-order valence-electron chi connectivity index (χ2n) is 4.06. The van der Waals surface area contributed by atoms with Gasteiger partial charge in [-0.3, -0.25) is 4.79 Å². The molecule has 0 saturated heterocycles. The van der Waals surface area contributed by atoms with Crippen LogP contribution in [0.3, 0.4) is 0 Å². The number of hydrogen-bond donors (Lipinski definition) is 0.